The number of aliphatic hydroxyl groups excluding tert-OH is 1. The van der Waals surface area contributed by atoms with Crippen LogP contribution in [0.3, 0.4) is 0 Å². The number of benzene rings is 2. The minimum absolute atomic E-state index is 0.128. The van der Waals surface area contributed by atoms with Gasteiger partial charge in [0.05, 0.1) is 18.8 Å². The normalized spacial score (nSPS) is 18.9. The summed E-state index contributed by atoms with van der Waals surface area (Å²) in [7, 11) is 3.97. The molecule has 29 heavy (non-hydrogen) atoms. The number of ether oxygens (including phenoxy) is 1. The summed E-state index contributed by atoms with van der Waals surface area (Å²) in [6.45, 7) is 4.21. The summed E-state index contributed by atoms with van der Waals surface area (Å²) in [5.41, 5.74) is 2.37. The molecule has 0 aliphatic carbocycles. The van der Waals surface area contributed by atoms with Crippen molar-refractivity contribution in [2.45, 2.75) is 31.9 Å². The molecule has 2 unspecified atom stereocenters. The number of amides is 1. The van der Waals surface area contributed by atoms with Crippen LogP contribution in [-0.4, -0.2) is 61.9 Å². The van der Waals surface area contributed by atoms with E-state index in [1.165, 1.54) is 0 Å². The molecule has 6 nitrogen and oxygen atoms in total. The average molecular weight is 398 g/mol. The van der Waals surface area contributed by atoms with Gasteiger partial charge in [0.25, 0.3) is 5.91 Å². The van der Waals surface area contributed by atoms with Crippen LogP contribution in [0, 0.1) is 0 Å². The van der Waals surface area contributed by atoms with Crippen LogP contribution in [0.25, 0.3) is 0 Å². The summed E-state index contributed by atoms with van der Waals surface area (Å²) in [6.07, 6.45) is 1.75. The highest BCUT2D eigenvalue weighted by molar-refractivity contribution is 6.04. The SMILES string of the molecule is CCCCOc1ccc(C(=O)Nc2ccc(N3CC(O)C(N(C)C)C3)cc2)cc1. The Labute approximate surface area is 173 Å². The van der Waals surface area contributed by atoms with Crippen LogP contribution in [0.2, 0.25) is 0 Å². The molecule has 2 aromatic rings. The number of nitrogens with one attached hydrogen (secondary N) is 1. The van der Waals surface area contributed by atoms with Crippen LogP contribution in [-0.2, 0) is 0 Å². The molecular weight excluding hydrogens is 366 g/mol. The molecule has 0 radical (unpaired) electrons. The van der Waals surface area contributed by atoms with Crippen LogP contribution in [0.15, 0.2) is 48.5 Å². The second-order valence-electron chi connectivity index (χ2n) is 7.73. The highest BCUT2D eigenvalue weighted by atomic mass is 16.5. The minimum Gasteiger partial charge on any atom is -0.494 e. The standard InChI is InChI=1S/C23H31N3O3/c1-4-5-14-29-20-12-6-17(7-13-20)23(28)24-18-8-10-19(11-9-18)26-15-21(25(2)3)22(27)16-26/h6-13,21-22,27H,4-5,14-16H2,1-3H3,(H,24,28). The first-order valence-corrected chi connectivity index (χ1v) is 10.2. The molecule has 0 saturated carbocycles. The fourth-order valence-corrected chi connectivity index (χ4v) is 3.48. The number of hydrogen-bond donors (Lipinski definition) is 2. The first-order chi connectivity index (χ1) is 14.0. The Morgan fingerprint density at radius 2 is 1.83 bits per heavy atom. The molecule has 1 fully saturated rings. The molecule has 1 aliphatic heterocycles. The largest absolute Gasteiger partial charge is 0.494 e. The number of carbonyl (C=O) groups excluding carboxylic acids is 1. The van der Waals surface area contributed by atoms with E-state index in [4.69, 9.17) is 4.74 Å². The predicted molar refractivity (Wildman–Crippen MR) is 117 cm³/mol. The summed E-state index contributed by atoms with van der Waals surface area (Å²) >= 11 is 0. The lowest BCUT2D eigenvalue weighted by atomic mass is 10.2. The monoisotopic (exact) mass is 397 g/mol. The van der Waals surface area contributed by atoms with E-state index in [1.54, 1.807) is 12.1 Å². The van der Waals surface area contributed by atoms with Gasteiger partial charge in [-0.2, -0.15) is 0 Å². The fourth-order valence-electron chi connectivity index (χ4n) is 3.48. The van der Waals surface area contributed by atoms with E-state index in [9.17, 15) is 9.90 Å². The summed E-state index contributed by atoms with van der Waals surface area (Å²) in [4.78, 5) is 16.7. The van der Waals surface area contributed by atoms with Gasteiger partial charge in [-0.25, -0.2) is 0 Å². The topological polar surface area (TPSA) is 65.0 Å². The maximum atomic E-state index is 12.5. The van der Waals surface area contributed by atoms with Crippen molar-refractivity contribution in [2.75, 3.05) is 44.0 Å². The van der Waals surface area contributed by atoms with Crippen LogP contribution in [0.4, 0.5) is 11.4 Å². The van der Waals surface area contributed by atoms with E-state index in [1.807, 2.05) is 50.5 Å². The molecule has 1 aliphatic rings. The van der Waals surface area contributed by atoms with Crippen molar-refractivity contribution < 1.29 is 14.6 Å². The molecule has 2 N–H and O–H groups in total. The lowest BCUT2D eigenvalue weighted by Gasteiger charge is -2.22. The summed E-state index contributed by atoms with van der Waals surface area (Å²) in [5, 5.41) is 13.1. The number of hydrogen-bond acceptors (Lipinski definition) is 5. The number of carbonyl (C=O) groups is 1. The van der Waals surface area contributed by atoms with Crippen molar-refractivity contribution in [3.63, 3.8) is 0 Å². The summed E-state index contributed by atoms with van der Waals surface area (Å²) in [5.74, 6) is 0.630. The predicted octanol–water partition coefficient (Wildman–Crippen LogP) is 3.23. The van der Waals surface area contributed by atoms with Gasteiger partial charge in [0.2, 0.25) is 0 Å². The second kappa shape index (κ2) is 9.76. The van der Waals surface area contributed by atoms with Crippen LogP contribution in [0.1, 0.15) is 30.1 Å². The maximum absolute atomic E-state index is 12.5. The molecule has 156 valence electrons. The van der Waals surface area contributed by atoms with Crippen molar-refractivity contribution in [1.29, 1.82) is 0 Å². The third-order valence-electron chi connectivity index (χ3n) is 5.30. The van der Waals surface area contributed by atoms with Crippen molar-refractivity contribution in [1.82, 2.24) is 4.90 Å². The van der Waals surface area contributed by atoms with Crippen molar-refractivity contribution in [3.05, 3.63) is 54.1 Å². The van der Waals surface area contributed by atoms with Gasteiger partial charge in [0.1, 0.15) is 5.75 Å². The lowest BCUT2D eigenvalue weighted by Crippen LogP contribution is -2.37. The molecule has 1 amide bonds. The Morgan fingerprint density at radius 1 is 1.14 bits per heavy atom. The number of aliphatic hydroxyl groups is 1. The molecule has 2 atom stereocenters. The Balaban J connectivity index is 1.56. The number of unbranched alkanes of at least 4 members (excludes halogenated alkanes) is 1. The third kappa shape index (κ3) is 5.49. The highest BCUT2D eigenvalue weighted by Gasteiger charge is 2.32. The minimum atomic E-state index is -0.363. The summed E-state index contributed by atoms with van der Waals surface area (Å²) in [6, 6.07) is 15.1. The number of nitrogens with zero attached hydrogens (tertiary/aromatic N) is 2. The number of β-amino-alcohol motifs (C(OH)–C–C–N with tert-alkyl or cyclic N) is 1. The molecule has 2 aromatic carbocycles. The van der Waals surface area contributed by atoms with Crippen LogP contribution < -0.4 is 15.0 Å². The smallest absolute Gasteiger partial charge is 0.255 e. The molecule has 0 aromatic heterocycles. The van der Waals surface area contributed by atoms with Crippen molar-refractivity contribution >= 4 is 17.3 Å². The zero-order valence-electron chi connectivity index (χ0n) is 17.5. The molecule has 3 rings (SSSR count). The van der Waals surface area contributed by atoms with Crippen molar-refractivity contribution in [2.24, 2.45) is 0 Å². The van der Waals surface area contributed by atoms with Gasteiger partial charge < -0.3 is 25.0 Å². The van der Waals surface area contributed by atoms with E-state index in [-0.39, 0.29) is 18.1 Å². The van der Waals surface area contributed by atoms with Gasteiger partial charge in [0, 0.05) is 30.0 Å². The molecular formula is C23H31N3O3. The Morgan fingerprint density at radius 3 is 2.41 bits per heavy atom. The Bertz CT molecular complexity index is 790. The molecule has 6 heteroatoms. The van der Waals surface area contributed by atoms with Gasteiger partial charge in [-0.15, -0.1) is 0 Å². The van der Waals surface area contributed by atoms with Crippen LogP contribution in [0.5, 0.6) is 5.75 Å². The van der Waals surface area contributed by atoms with Crippen LogP contribution >= 0.6 is 0 Å². The maximum Gasteiger partial charge on any atom is 0.255 e. The van der Waals surface area contributed by atoms with Gasteiger partial charge in [0.15, 0.2) is 0 Å². The zero-order chi connectivity index (χ0) is 20.8. The van der Waals surface area contributed by atoms with Gasteiger partial charge >= 0.3 is 0 Å². The fraction of sp³-hybridized carbons (Fsp3) is 0.435. The first kappa shape index (κ1) is 21.1. The van der Waals surface area contributed by atoms with E-state index in [0.717, 1.165) is 36.5 Å². The van der Waals surface area contributed by atoms with E-state index in [0.29, 0.717) is 18.7 Å². The number of anilines is 2. The quantitative estimate of drug-likeness (QED) is 0.670. The number of likely N-dealkylation sites (N-methyl/N-ethyl adjacent to an activating group) is 1. The molecule has 0 bridgehead atoms. The lowest BCUT2D eigenvalue weighted by molar-refractivity contribution is 0.102. The third-order valence-corrected chi connectivity index (χ3v) is 5.30. The Hall–Kier alpha value is -2.57. The zero-order valence-corrected chi connectivity index (χ0v) is 17.5. The first-order valence-electron chi connectivity index (χ1n) is 10.2. The molecule has 1 heterocycles. The van der Waals surface area contributed by atoms with Gasteiger partial charge in [-0.05, 0) is 69.0 Å². The Kier molecular flexibility index (Phi) is 7.12. The highest BCUT2D eigenvalue weighted by Crippen LogP contribution is 2.24. The van der Waals surface area contributed by atoms with E-state index in [2.05, 4.69) is 22.0 Å². The van der Waals surface area contributed by atoms with E-state index >= 15 is 0 Å². The van der Waals surface area contributed by atoms with E-state index < -0.39 is 0 Å². The van der Waals surface area contributed by atoms with Crippen molar-refractivity contribution in [3.8, 4) is 5.75 Å². The van der Waals surface area contributed by atoms with Gasteiger partial charge in [-0.1, -0.05) is 13.3 Å². The number of rotatable bonds is 8. The summed E-state index contributed by atoms with van der Waals surface area (Å²) < 4.78 is 5.63. The second-order valence-corrected chi connectivity index (χ2v) is 7.73. The molecule has 0 spiro atoms. The van der Waals surface area contributed by atoms with Gasteiger partial charge in [-0.3, -0.25) is 4.79 Å². The average Bonchev–Trinajstić information content (AvgIpc) is 3.11. The molecule has 1 saturated heterocycles.